The van der Waals surface area contributed by atoms with Crippen LogP contribution in [0.15, 0.2) is 54.6 Å². The van der Waals surface area contributed by atoms with Crippen molar-refractivity contribution in [1.82, 2.24) is 4.90 Å². The Morgan fingerprint density at radius 2 is 1.67 bits per heavy atom. The summed E-state index contributed by atoms with van der Waals surface area (Å²) in [6.45, 7) is 2.87. The maximum Gasteiger partial charge on any atom is 0.246 e. The van der Waals surface area contributed by atoms with Crippen LogP contribution in [0.5, 0.6) is 5.75 Å². The highest BCUT2D eigenvalue weighted by molar-refractivity contribution is 6.33. The van der Waals surface area contributed by atoms with Crippen molar-refractivity contribution in [3.8, 4) is 5.75 Å². The van der Waals surface area contributed by atoms with Crippen molar-refractivity contribution in [2.75, 3.05) is 31.1 Å². The van der Waals surface area contributed by atoms with Crippen molar-refractivity contribution in [2.24, 2.45) is 0 Å². The lowest BCUT2D eigenvalue weighted by atomic mass is 10.2. The van der Waals surface area contributed by atoms with Gasteiger partial charge in [0.15, 0.2) is 0 Å². The molecule has 124 valence electrons. The first kappa shape index (κ1) is 16.4. The lowest BCUT2D eigenvalue weighted by Gasteiger charge is -2.36. The van der Waals surface area contributed by atoms with Gasteiger partial charge in [0.05, 0.1) is 10.7 Å². The van der Waals surface area contributed by atoms with Gasteiger partial charge >= 0.3 is 0 Å². The Balaban J connectivity index is 1.57. The summed E-state index contributed by atoms with van der Waals surface area (Å²) in [6, 6.07) is 14.5. The second kappa shape index (κ2) is 7.41. The van der Waals surface area contributed by atoms with E-state index in [0.717, 1.165) is 29.4 Å². The number of anilines is 1. The molecule has 2 aromatic rings. The van der Waals surface area contributed by atoms with Gasteiger partial charge in [-0.1, -0.05) is 35.9 Å². The molecule has 0 unspecified atom stereocenters. The molecule has 0 atom stereocenters. The first-order valence-electron chi connectivity index (χ1n) is 7.89. The Kier molecular flexibility index (Phi) is 5.06. The molecular weight excluding hydrogens is 324 g/mol. The third kappa shape index (κ3) is 3.89. The normalized spacial score (nSPS) is 15.0. The minimum Gasteiger partial charge on any atom is -0.508 e. The van der Waals surface area contributed by atoms with Crippen molar-refractivity contribution in [3.63, 3.8) is 0 Å². The van der Waals surface area contributed by atoms with Gasteiger partial charge in [-0.3, -0.25) is 4.79 Å². The summed E-state index contributed by atoms with van der Waals surface area (Å²) in [6.07, 6.45) is 3.35. The summed E-state index contributed by atoms with van der Waals surface area (Å²) in [5, 5.41) is 10.0. The maximum absolute atomic E-state index is 12.3. The van der Waals surface area contributed by atoms with E-state index in [0.29, 0.717) is 13.1 Å². The lowest BCUT2D eigenvalue weighted by molar-refractivity contribution is -0.126. The number of rotatable bonds is 3. The van der Waals surface area contributed by atoms with Crippen molar-refractivity contribution < 1.29 is 9.90 Å². The third-order valence-corrected chi connectivity index (χ3v) is 4.42. The van der Waals surface area contributed by atoms with Gasteiger partial charge in [-0.15, -0.1) is 0 Å². The van der Waals surface area contributed by atoms with Gasteiger partial charge in [-0.2, -0.15) is 0 Å². The highest BCUT2D eigenvalue weighted by Gasteiger charge is 2.20. The Morgan fingerprint density at radius 1 is 1.00 bits per heavy atom. The zero-order valence-electron chi connectivity index (χ0n) is 13.2. The van der Waals surface area contributed by atoms with Crippen molar-refractivity contribution in [3.05, 3.63) is 65.2 Å². The number of aromatic hydroxyl groups is 1. The van der Waals surface area contributed by atoms with Crippen molar-refractivity contribution in [1.29, 1.82) is 0 Å². The van der Waals surface area contributed by atoms with Crippen LogP contribution in [0.25, 0.3) is 6.08 Å². The van der Waals surface area contributed by atoms with E-state index in [-0.39, 0.29) is 11.7 Å². The number of phenols is 1. The molecule has 0 radical (unpaired) electrons. The molecule has 1 amide bonds. The largest absolute Gasteiger partial charge is 0.508 e. The minimum atomic E-state index is 0.00174. The van der Waals surface area contributed by atoms with Crippen LogP contribution in [0.4, 0.5) is 5.69 Å². The molecule has 1 heterocycles. The van der Waals surface area contributed by atoms with Crippen LogP contribution < -0.4 is 4.90 Å². The summed E-state index contributed by atoms with van der Waals surface area (Å²) in [5.74, 6) is 0.219. The van der Waals surface area contributed by atoms with E-state index < -0.39 is 0 Å². The molecule has 3 rings (SSSR count). The molecule has 1 aliphatic rings. The Morgan fingerprint density at radius 3 is 2.33 bits per heavy atom. The van der Waals surface area contributed by atoms with Gasteiger partial charge < -0.3 is 14.9 Å². The van der Waals surface area contributed by atoms with E-state index >= 15 is 0 Å². The number of benzene rings is 2. The maximum atomic E-state index is 12.3. The van der Waals surface area contributed by atoms with Crippen LogP contribution in [0, 0.1) is 0 Å². The topological polar surface area (TPSA) is 43.8 Å². The van der Waals surface area contributed by atoms with E-state index in [1.54, 1.807) is 36.4 Å². The molecule has 1 aliphatic heterocycles. The fourth-order valence-corrected chi connectivity index (χ4v) is 2.99. The van der Waals surface area contributed by atoms with E-state index in [1.807, 2.05) is 29.2 Å². The molecule has 0 bridgehead atoms. The Hall–Kier alpha value is -2.46. The fraction of sp³-hybridized carbons (Fsp3) is 0.211. The van der Waals surface area contributed by atoms with Crippen LogP contribution in [-0.4, -0.2) is 42.1 Å². The number of carbonyl (C=O) groups is 1. The van der Waals surface area contributed by atoms with Gasteiger partial charge in [0.1, 0.15) is 5.75 Å². The number of piperazine rings is 1. The summed E-state index contributed by atoms with van der Waals surface area (Å²) >= 11 is 6.23. The SMILES string of the molecule is O=C(C=Cc1ccc(O)cc1)N1CCN(c2ccccc2Cl)CC1. The number of nitrogens with zero attached hydrogens (tertiary/aromatic N) is 2. The van der Waals surface area contributed by atoms with E-state index in [2.05, 4.69) is 4.90 Å². The minimum absolute atomic E-state index is 0.00174. The second-order valence-electron chi connectivity index (χ2n) is 5.69. The van der Waals surface area contributed by atoms with Crippen LogP contribution in [0.3, 0.4) is 0 Å². The van der Waals surface area contributed by atoms with Gasteiger partial charge in [0, 0.05) is 32.3 Å². The molecular formula is C19H19ClN2O2. The van der Waals surface area contributed by atoms with Crippen molar-refractivity contribution >= 4 is 29.3 Å². The predicted octanol–water partition coefficient (Wildman–Crippen LogP) is 3.41. The average Bonchev–Trinajstić information content (AvgIpc) is 2.61. The number of hydrogen-bond donors (Lipinski definition) is 1. The van der Waals surface area contributed by atoms with Gasteiger partial charge in [-0.25, -0.2) is 0 Å². The van der Waals surface area contributed by atoms with Crippen molar-refractivity contribution in [2.45, 2.75) is 0 Å². The van der Waals surface area contributed by atoms with E-state index in [1.165, 1.54) is 0 Å². The summed E-state index contributed by atoms with van der Waals surface area (Å²) in [7, 11) is 0. The molecule has 4 nitrogen and oxygen atoms in total. The molecule has 1 saturated heterocycles. The quantitative estimate of drug-likeness (QED) is 0.869. The molecule has 0 saturated carbocycles. The zero-order chi connectivity index (χ0) is 16.9. The van der Waals surface area contributed by atoms with Gasteiger partial charge in [-0.05, 0) is 35.9 Å². The summed E-state index contributed by atoms with van der Waals surface area (Å²) in [5.41, 5.74) is 1.90. The predicted molar refractivity (Wildman–Crippen MR) is 97.4 cm³/mol. The number of carbonyl (C=O) groups excluding carboxylic acids is 1. The molecule has 0 aromatic heterocycles. The molecule has 2 aromatic carbocycles. The highest BCUT2D eigenvalue weighted by Crippen LogP contribution is 2.26. The zero-order valence-corrected chi connectivity index (χ0v) is 14.0. The van der Waals surface area contributed by atoms with E-state index in [4.69, 9.17) is 11.6 Å². The standard InChI is InChI=1S/C19H19ClN2O2/c20-17-3-1-2-4-18(17)21-11-13-22(14-12-21)19(24)10-7-15-5-8-16(23)9-6-15/h1-10,23H,11-14H2. The van der Waals surface area contributed by atoms with E-state index in [9.17, 15) is 9.90 Å². The number of phenolic OH excluding ortho intramolecular Hbond substituents is 1. The summed E-state index contributed by atoms with van der Waals surface area (Å²) < 4.78 is 0. The first-order chi connectivity index (χ1) is 11.6. The molecule has 0 spiro atoms. The molecule has 1 fully saturated rings. The monoisotopic (exact) mass is 342 g/mol. The smallest absolute Gasteiger partial charge is 0.246 e. The second-order valence-corrected chi connectivity index (χ2v) is 6.10. The van der Waals surface area contributed by atoms with Crippen LogP contribution in [0.1, 0.15) is 5.56 Å². The van der Waals surface area contributed by atoms with Crippen LogP contribution >= 0.6 is 11.6 Å². The fourth-order valence-electron chi connectivity index (χ4n) is 2.73. The van der Waals surface area contributed by atoms with Crippen LogP contribution in [-0.2, 0) is 4.79 Å². The van der Waals surface area contributed by atoms with Crippen LogP contribution in [0.2, 0.25) is 5.02 Å². The molecule has 1 N–H and O–H groups in total. The highest BCUT2D eigenvalue weighted by atomic mass is 35.5. The number of hydrogen-bond acceptors (Lipinski definition) is 3. The van der Waals surface area contributed by atoms with Gasteiger partial charge in [0.25, 0.3) is 0 Å². The first-order valence-corrected chi connectivity index (χ1v) is 8.27. The number of amides is 1. The number of halogens is 1. The molecule has 24 heavy (non-hydrogen) atoms. The molecule has 5 heteroatoms. The Labute approximate surface area is 146 Å². The van der Waals surface area contributed by atoms with Gasteiger partial charge in [0.2, 0.25) is 5.91 Å². The summed E-state index contributed by atoms with van der Waals surface area (Å²) in [4.78, 5) is 16.3. The molecule has 0 aliphatic carbocycles. The third-order valence-electron chi connectivity index (χ3n) is 4.10. The average molecular weight is 343 g/mol. The Bertz CT molecular complexity index is 735. The number of para-hydroxylation sites is 1. The lowest BCUT2D eigenvalue weighted by Crippen LogP contribution is -2.48.